The minimum Gasteiger partial charge on any atom is -0.461 e. The number of nitrogens with one attached hydrogen (secondary N) is 1. The van der Waals surface area contributed by atoms with Gasteiger partial charge in [0.05, 0.1) is 0 Å². The lowest BCUT2D eigenvalue weighted by Gasteiger charge is -2.38. The molecule has 1 saturated heterocycles. The second kappa shape index (κ2) is 10.1. The Morgan fingerprint density at radius 1 is 1.29 bits per heavy atom. The predicted octanol–water partition coefficient (Wildman–Crippen LogP) is 3.06. The largest absolute Gasteiger partial charge is 0.461 e. The van der Waals surface area contributed by atoms with Crippen LogP contribution in [0.3, 0.4) is 0 Å². The first-order chi connectivity index (χ1) is 11.7. The highest BCUT2D eigenvalue weighted by atomic mass is 16.5. The molecule has 1 aromatic carbocycles. The molecule has 0 amide bonds. The maximum Gasteiger partial charge on any atom is 0.306 e. The lowest BCUT2D eigenvalue weighted by molar-refractivity contribution is -0.145. The van der Waals surface area contributed by atoms with Gasteiger partial charge in [-0.3, -0.25) is 4.79 Å². The van der Waals surface area contributed by atoms with Crippen molar-refractivity contribution >= 4 is 5.97 Å². The zero-order chi connectivity index (χ0) is 17.1. The number of benzene rings is 1. The molecule has 2 rings (SSSR count). The molecular weight excluding hydrogens is 302 g/mol. The van der Waals surface area contributed by atoms with Crippen LogP contribution in [0.1, 0.15) is 44.1 Å². The van der Waals surface area contributed by atoms with Crippen LogP contribution in [0.2, 0.25) is 0 Å². The summed E-state index contributed by atoms with van der Waals surface area (Å²) in [5, 5.41) is 3.62. The van der Waals surface area contributed by atoms with Crippen LogP contribution < -0.4 is 5.32 Å². The van der Waals surface area contributed by atoms with E-state index in [9.17, 15) is 4.79 Å². The summed E-state index contributed by atoms with van der Waals surface area (Å²) in [6.07, 6.45) is 10.1. The monoisotopic (exact) mass is 329 g/mol. The van der Waals surface area contributed by atoms with Crippen molar-refractivity contribution in [3.63, 3.8) is 0 Å². The highest BCUT2D eigenvalue weighted by molar-refractivity contribution is 5.69. The van der Waals surface area contributed by atoms with Crippen LogP contribution in [-0.2, 0) is 20.9 Å². The third-order valence-electron chi connectivity index (χ3n) is 4.50. The number of rotatable bonds is 9. The van der Waals surface area contributed by atoms with Gasteiger partial charge in [-0.05, 0) is 37.8 Å². The van der Waals surface area contributed by atoms with Crippen molar-refractivity contribution in [2.75, 3.05) is 19.8 Å². The van der Waals surface area contributed by atoms with E-state index in [0.717, 1.165) is 57.4 Å². The van der Waals surface area contributed by atoms with E-state index in [2.05, 4.69) is 11.2 Å². The van der Waals surface area contributed by atoms with E-state index < -0.39 is 0 Å². The van der Waals surface area contributed by atoms with Gasteiger partial charge in [0.15, 0.2) is 0 Å². The number of unbranched alkanes of at least 4 members (excludes halogenated alkanes) is 1. The molecule has 0 saturated carbocycles. The fourth-order valence-electron chi connectivity index (χ4n) is 2.97. The van der Waals surface area contributed by atoms with Crippen LogP contribution in [0, 0.1) is 12.3 Å². The quantitative estimate of drug-likeness (QED) is 0.430. The molecule has 0 bridgehead atoms. The van der Waals surface area contributed by atoms with Gasteiger partial charge in [0.1, 0.15) is 6.61 Å². The first kappa shape index (κ1) is 18.5. The molecule has 24 heavy (non-hydrogen) atoms. The molecule has 1 heterocycles. The van der Waals surface area contributed by atoms with E-state index in [0.29, 0.717) is 13.0 Å². The lowest BCUT2D eigenvalue weighted by atomic mass is 9.85. The second-order valence-corrected chi connectivity index (χ2v) is 6.27. The minimum atomic E-state index is -0.143. The zero-order valence-electron chi connectivity index (χ0n) is 14.3. The summed E-state index contributed by atoms with van der Waals surface area (Å²) in [6, 6.07) is 9.76. The van der Waals surface area contributed by atoms with E-state index in [1.807, 2.05) is 30.3 Å². The van der Waals surface area contributed by atoms with Gasteiger partial charge in [0.25, 0.3) is 0 Å². The average Bonchev–Trinajstić information content (AvgIpc) is 2.64. The molecule has 1 fully saturated rings. The molecule has 1 N–H and O–H groups in total. The number of carbonyl (C=O) groups excluding carboxylic acids is 1. The Labute approximate surface area is 144 Å². The first-order valence-corrected chi connectivity index (χ1v) is 8.70. The Morgan fingerprint density at radius 3 is 2.75 bits per heavy atom. The van der Waals surface area contributed by atoms with Gasteiger partial charge in [0, 0.05) is 31.6 Å². The van der Waals surface area contributed by atoms with Crippen LogP contribution in [0.15, 0.2) is 30.3 Å². The number of hydrogen-bond donors (Lipinski definition) is 1. The standard InChI is InChI=1S/C20H27NO3/c1-2-3-7-14-21-20(12-15-23-16-13-20)11-10-19(22)24-17-18-8-5-4-6-9-18/h1,4-6,8-9,21H,3,7,10-17H2. The first-order valence-electron chi connectivity index (χ1n) is 8.70. The third kappa shape index (κ3) is 6.35. The summed E-state index contributed by atoms with van der Waals surface area (Å²) in [5.41, 5.74) is 0.984. The highest BCUT2D eigenvalue weighted by Gasteiger charge is 2.32. The molecule has 1 aromatic rings. The molecule has 0 radical (unpaired) electrons. The summed E-state index contributed by atoms with van der Waals surface area (Å²) in [5.74, 6) is 2.52. The summed E-state index contributed by atoms with van der Waals surface area (Å²) < 4.78 is 10.9. The van der Waals surface area contributed by atoms with Crippen LogP contribution in [-0.4, -0.2) is 31.3 Å². The Bertz CT molecular complexity index is 530. The molecule has 0 aliphatic carbocycles. The zero-order valence-corrected chi connectivity index (χ0v) is 14.3. The van der Waals surface area contributed by atoms with Crippen molar-refractivity contribution in [3.8, 4) is 12.3 Å². The van der Waals surface area contributed by atoms with E-state index in [1.54, 1.807) is 0 Å². The van der Waals surface area contributed by atoms with Crippen LogP contribution in [0.4, 0.5) is 0 Å². The van der Waals surface area contributed by atoms with Crippen molar-refractivity contribution in [1.82, 2.24) is 5.32 Å². The number of carbonyl (C=O) groups is 1. The summed E-state index contributed by atoms with van der Waals surface area (Å²) in [6.45, 7) is 2.69. The van der Waals surface area contributed by atoms with Crippen molar-refractivity contribution < 1.29 is 14.3 Å². The topological polar surface area (TPSA) is 47.6 Å². The maximum absolute atomic E-state index is 12.1. The van der Waals surface area contributed by atoms with Gasteiger partial charge in [-0.1, -0.05) is 30.3 Å². The predicted molar refractivity (Wildman–Crippen MR) is 94.3 cm³/mol. The molecule has 0 unspecified atom stereocenters. The van der Waals surface area contributed by atoms with E-state index in [-0.39, 0.29) is 11.5 Å². The lowest BCUT2D eigenvalue weighted by Crippen LogP contribution is -2.50. The smallest absolute Gasteiger partial charge is 0.306 e. The van der Waals surface area contributed by atoms with Crippen LogP contribution in [0.25, 0.3) is 0 Å². The van der Waals surface area contributed by atoms with Gasteiger partial charge < -0.3 is 14.8 Å². The van der Waals surface area contributed by atoms with Crippen molar-refractivity contribution in [2.24, 2.45) is 0 Å². The number of terminal acetylenes is 1. The molecule has 0 spiro atoms. The number of esters is 1. The van der Waals surface area contributed by atoms with Gasteiger partial charge in [0.2, 0.25) is 0 Å². The summed E-state index contributed by atoms with van der Waals surface area (Å²) >= 11 is 0. The SMILES string of the molecule is C#CCCCNC1(CCC(=O)OCc2ccccc2)CCOCC1. The van der Waals surface area contributed by atoms with Gasteiger partial charge in [-0.15, -0.1) is 12.3 Å². The van der Waals surface area contributed by atoms with Gasteiger partial charge in [-0.25, -0.2) is 0 Å². The average molecular weight is 329 g/mol. The summed E-state index contributed by atoms with van der Waals surface area (Å²) in [7, 11) is 0. The van der Waals surface area contributed by atoms with Crippen LogP contribution >= 0.6 is 0 Å². The maximum atomic E-state index is 12.1. The summed E-state index contributed by atoms with van der Waals surface area (Å²) in [4.78, 5) is 12.1. The molecule has 1 aliphatic rings. The van der Waals surface area contributed by atoms with Crippen molar-refractivity contribution in [3.05, 3.63) is 35.9 Å². The minimum absolute atomic E-state index is 0.0292. The van der Waals surface area contributed by atoms with E-state index in [4.69, 9.17) is 15.9 Å². The van der Waals surface area contributed by atoms with Gasteiger partial charge in [-0.2, -0.15) is 0 Å². The molecule has 0 atom stereocenters. The fraction of sp³-hybridized carbons (Fsp3) is 0.550. The second-order valence-electron chi connectivity index (χ2n) is 6.27. The molecule has 130 valence electrons. The molecule has 0 aromatic heterocycles. The van der Waals surface area contributed by atoms with Crippen LogP contribution in [0.5, 0.6) is 0 Å². The van der Waals surface area contributed by atoms with Crippen molar-refractivity contribution in [1.29, 1.82) is 0 Å². The Kier molecular flexibility index (Phi) is 7.81. The Hall–Kier alpha value is -1.83. The van der Waals surface area contributed by atoms with E-state index in [1.165, 1.54) is 0 Å². The molecular formula is C20H27NO3. The Balaban J connectivity index is 1.76. The Morgan fingerprint density at radius 2 is 2.04 bits per heavy atom. The third-order valence-corrected chi connectivity index (χ3v) is 4.50. The normalized spacial score (nSPS) is 16.3. The fourth-order valence-corrected chi connectivity index (χ4v) is 2.97. The van der Waals surface area contributed by atoms with E-state index >= 15 is 0 Å². The number of ether oxygens (including phenoxy) is 2. The van der Waals surface area contributed by atoms with Crippen molar-refractivity contribution in [2.45, 2.75) is 50.7 Å². The molecule has 4 nitrogen and oxygen atoms in total. The molecule has 4 heteroatoms. The van der Waals surface area contributed by atoms with Gasteiger partial charge >= 0.3 is 5.97 Å². The highest BCUT2D eigenvalue weighted by Crippen LogP contribution is 2.26. The number of hydrogen-bond acceptors (Lipinski definition) is 4. The molecule has 1 aliphatic heterocycles.